The van der Waals surface area contributed by atoms with Crippen molar-refractivity contribution in [2.75, 3.05) is 0 Å². The van der Waals surface area contributed by atoms with Crippen LogP contribution in [0.4, 0.5) is 0 Å². The van der Waals surface area contributed by atoms with Crippen molar-refractivity contribution in [3.63, 3.8) is 0 Å². The second kappa shape index (κ2) is 6.01. The van der Waals surface area contributed by atoms with E-state index in [1.807, 2.05) is 6.92 Å². The fraction of sp³-hybridized carbons (Fsp3) is 0.286. The zero-order chi connectivity index (χ0) is 15.6. The summed E-state index contributed by atoms with van der Waals surface area (Å²) < 4.78 is 0. The Morgan fingerprint density at radius 1 is 1.33 bits per heavy atom. The molecule has 2 heterocycles. The van der Waals surface area contributed by atoms with Gasteiger partial charge in [0.1, 0.15) is 9.88 Å². The first-order valence-electron chi connectivity index (χ1n) is 6.32. The van der Waals surface area contributed by atoms with Crippen molar-refractivity contribution in [1.82, 2.24) is 15.3 Å². The van der Waals surface area contributed by atoms with Crippen molar-refractivity contribution in [3.8, 4) is 0 Å². The number of nitrogens with one attached hydrogen (secondary N) is 1. The molecule has 0 saturated heterocycles. The van der Waals surface area contributed by atoms with Crippen LogP contribution in [-0.2, 0) is 0 Å². The molecular formula is C14H15N3O3S. The highest BCUT2D eigenvalue weighted by atomic mass is 32.1. The number of amides is 1. The second-order valence-corrected chi connectivity index (χ2v) is 5.69. The first kappa shape index (κ1) is 15.1. The zero-order valence-corrected chi connectivity index (χ0v) is 12.7. The van der Waals surface area contributed by atoms with Crippen LogP contribution in [0.5, 0.6) is 0 Å². The fourth-order valence-corrected chi connectivity index (χ4v) is 2.65. The quantitative estimate of drug-likeness (QED) is 0.904. The lowest BCUT2D eigenvalue weighted by Gasteiger charge is -2.11. The number of thiazole rings is 1. The molecule has 7 heteroatoms. The summed E-state index contributed by atoms with van der Waals surface area (Å²) in [5.41, 5.74) is 1.75. The molecule has 1 unspecified atom stereocenters. The molecule has 0 aromatic carbocycles. The highest BCUT2D eigenvalue weighted by molar-refractivity contribution is 7.13. The second-order valence-electron chi connectivity index (χ2n) is 4.66. The zero-order valence-electron chi connectivity index (χ0n) is 11.9. The number of hydrogen-bond acceptors (Lipinski definition) is 5. The third kappa shape index (κ3) is 3.43. The molecule has 2 rings (SSSR count). The van der Waals surface area contributed by atoms with Crippen molar-refractivity contribution in [2.45, 2.75) is 26.8 Å². The molecule has 0 radical (unpaired) electrons. The van der Waals surface area contributed by atoms with Gasteiger partial charge in [-0.15, -0.1) is 11.3 Å². The van der Waals surface area contributed by atoms with Gasteiger partial charge in [0.2, 0.25) is 0 Å². The molecule has 0 saturated carbocycles. The summed E-state index contributed by atoms with van der Waals surface area (Å²) in [7, 11) is 0. The minimum atomic E-state index is -1.00. The number of pyridine rings is 1. The number of aromatic nitrogens is 2. The number of hydrogen-bond donors (Lipinski definition) is 2. The standard InChI is InChI=1S/C14H15N3O3S/c1-7-4-5-10(6-15-7)12(18)16-9(3)13-17-8(2)11(21-13)14(19)20/h4-6,9H,1-3H3,(H,16,18)(H,19,20). The lowest BCUT2D eigenvalue weighted by Crippen LogP contribution is -2.26. The van der Waals surface area contributed by atoms with Crippen molar-refractivity contribution in [2.24, 2.45) is 0 Å². The smallest absolute Gasteiger partial charge is 0.347 e. The number of carbonyl (C=O) groups excluding carboxylic acids is 1. The van der Waals surface area contributed by atoms with E-state index in [1.165, 1.54) is 6.20 Å². The van der Waals surface area contributed by atoms with Gasteiger partial charge < -0.3 is 10.4 Å². The fourth-order valence-electron chi connectivity index (χ4n) is 1.74. The molecule has 0 aliphatic heterocycles. The Kier molecular flexibility index (Phi) is 4.32. The first-order chi connectivity index (χ1) is 9.88. The van der Waals surface area contributed by atoms with E-state index < -0.39 is 5.97 Å². The van der Waals surface area contributed by atoms with E-state index in [0.29, 0.717) is 16.3 Å². The van der Waals surface area contributed by atoms with E-state index in [9.17, 15) is 9.59 Å². The molecule has 2 aromatic heterocycles. The third-order valence-corrected chi connectivity index (χ3v) is 4.23. The van der Waals surface area contributed by atoms with E-state index in [4.69, 9.17) is 5.11 Å². The summed E-state index contributed by atoms with van der Waals surface area (Å²) >= 11 is 1.07. The number of nitrogens with zero attached hydrogens (tertiary/aromatic N) is 2. The summed E-state index contributed by atoms with van der Waals surface area (Å²) in [6, 6.07) is 3.09. The lowest BCUT2D eigenvalue weighted by molar-refractivity contribution is 0.0701. The van der Waals surface area contributed by atoms with Crippen LogP contribution in [0.1, 0.15) is 49.4 Å². The van der Waals surface area contributed by atoms with E-state index in [-0.39, 0.29) is 16.8 Å². The van der Waals surface area contributed by atoms with E-state index in [1.54, 1.807) is 26.0 Å². The van der Waals surface area contributed by atoms with Crippen LogP contribution in [0.15, 0.2) is 18.3 Å². The number of aromatic carboxylic acids is 1. The number of carboxylic acid groups (broad SMARTS) is 1. The molecule has 0 aliphatic rings. The van der Waals surface area contributed by atoms with E-state index >= 15 is 0 Å². The van der Waals surface area contributed by atoms with Gasteiger partial charge >= 0.3 is 5.97 Å². The van der Waals surface area contributed by atoms with Gasteiger partial charge in [-0.25, -0.2) is 9.78 Å². The molecule has 2 N–H and O–H groups in total. The lowest BCUT2D eigenvalue weighted by atomic mass is 10.2. The maximum absolute atomic E-state index is 12.1. The van der Waals surface area contributed by atoms with Gasteiger partial charge in [-0.3, -0.25) is 9.78 Å². The van der Waals surface area contributed by atoms with Gasteiger partial charge in [-0.1, -0.05) is 0 Å². The SMILES string of the molecule is Cc1ccc(C(=O)NC(C)c2nc(C)c(C(=O)O)s2)cn1. The normalized spacial score (nSPS) is 12.0. The molecule has 0 spiro atoms. The maximum atomic E-state index is 12.1. The average molecular weight is 305 g/mol. The van der Waals surface area contributed by atoms with Gasteiger partial charge in [-0.05, 0) is 32.9 Å². The van der Waals surface area contributed by atoms with Gasteiger partial charge in [0, 0.05) is 11.9 Å². The number of carbonyl (C=O) groups is 2. The van der Waals surface area contributed by atoms with Crippen LogP contribution in [-0.4, -0.2) is 27.0 Å². The molecular weight excluding hydrogens is 290 g/mol. The molecule has 0 fully saturated rings. The van der Waals surface area contributed by atoms with Crippen molar-refractivity contribution in [3.05, 3.63) is 45.2 Å². The number of carboxylic acids is 1. The van der Waals surface area contributed by atoms with Gasteiger partial charge in [0.05, 0.1) is 17.3 Å². The van der Waals surface area contributed by atoms with Crippen LogP contribution < -0.4 is 5.32 Å². The van der Waals surface area contributed by atoms with Crippen LogP contribution in [0.25, 0.3) is 0 Å². The number of aryl methyl sites for hydroxylation is 2. The van der Waals surface area contributed by atoms with Crippen LogP contribution >= 0.6 is 11.3 Å². The number of rotatable bonds is 4. The largest absolute Gasteiger partial charge is 0.477 e. The minimum Gasteiger partial charge on any atom is -0.477 e. The van der Waals surface area contributed by atoms with Crippen molar-refractivity contribution >= 4 is 23.2 Å². The van der Waals surface area contributed by atoms with Crippen LogP contribution in [0.3, 0.4) is 0 Å². The highest BCUT2D eigenvalue weighted by Gasteiger charge is 2.19. The summed E-state index contributed by atoms with van der Waals surface area (Å²) in [4.78, 5) is 31.6. The highest BCUT2D eigenvalue weighted by Crippen LogP contribution is 2.23. The minimum absolute atomic E-state index is 0.197. The molecule has 0 bridgehead atoms. The average Bonchev–Trinajstić information content (AvgIpc) is 2.81. The summed E-state index contributed by atoms with van der Waals surface area (Å²) in [6.45, 7) is 5.25. The molecule has 21 heavy (non-hydrogen) atoms. The third-order valence-electron chi connectivity index (χ3n) is 2.90. The van der Waals surface area contributed by atoms with Gasteiger partial charge in [0.25, 0.3) is 5.91 Å². The van der Waals surface area contributed by atoms with E-state index in [0.717, 1.165) is 17.0 Å². The Labute approximate surface area is 125 Å². The Morgan fingerprint density at radius 3 is 2.57 bits per heavy atom. The predicted octanol–water partition coefficient (Wildman–Crippen LogP) is 2.34. The van der Waals surface area contributed by atoms with Gasteiger partial charge in [0.15, 0.2) is 0 Å². The summed E-state index contributed by atoms with van der Waals surface area (Å²) in [6.07, 6.45) is 1.51. The van der Waals surface area contributed by atoms with Crippen molar-refractivity contribution < 1.29 is 14.7 Å². The molecule has 6 nitrogen and oxygen atoms in total. The Bertz CT molecular complexity index is 679. The van der Waals surface area contributed by atoms with Crippen LogP contribution in [0.2, 0.25) is 0 Å². The Morgan fingerprint density at radius 2 is 2.05 bits per heavy atom. The van der Waals surface area contributed by atoms with Crippen LogP contribution in [0, 0.1) is 13.8 Å². The van der Waals surface area contributed by atoms with E-state index in [2.05, 4.69) is 15.3 Å². The van der Waals surface area contributed by atoms with Gasteiger partial charge in [-0.2, -0.15) is 0 Å². The molecule has 0 aliphatic carbocycles. The summed E-state index contributed by atoms with van der Waals surface area (Å²) in [5.74, 6) is -1.27. The molecule has 1 amide bonds. The molecule has 110 valence electrons. The first-order valence-corrected chi connectivity index (χ1v) is 7.14. The maximum Gasteiger partial charge on any atom is 0.347 e. The van der Waals surface area contributed by atoms with Crippen molar-refractivity contribution in [1.29, 1.82) is 0 Å². The monoisotopic (exact) mass is 305 g/mol. The Hall–Kier alpha value is -2.28. The topological polar surface area (TPSA) is 92.2 Å². The molecule has 2 aromatic rings. The predicted molar refractivity (Wildman–Crippen MR) is 78.7 cm³/mol. The summed E-state index contributed by atoms with van der Waals surface area (Å²) in [5, 5.41) is 12.4. The molecule has 1 atom stereocenters. The Balaban J connectivity index is 2.12.